The first-order valence-corrected chi connectivity index (χ1v) is 7.39. The first-order valence-electron chi connectivity index (χ1n) is 6.98. The van der Waals surface area contributed by atoms with Gasteiger partial charge < -0.3 is 15.1 Å². The van der Waals surface area contributed by atoms with E-state index < -0.39 is 0 Å². The van der Waals surface area contributed by atoms with Gasteiger partial charge in [-0.1, -0.05) is 18.2 Å². The van der Waals surface area contributed by atoms with Crippen LogP contribution < -0.4 is 10.2 Å². The van der Waals surface area contributed by atoms with E-state index in [9.17, 15) is 0 Å². The zero-order chi connectivity index (χ0) is 13.7. The van der Waals surface area contributed by atoms with Crippen molar-refractivity contribution in [2.24, 2.45) is 0 Å². The Labute approximate surface area is 121 Å². The van der Waals surface area contributed by atoms with Crippen molar-refractivity contribution in [3.05, 3.63) is 29.8 Å². The van der Waals surface area contributed by atoms with E-state index >= 15 is 0 Å². The molecule has 1 aromatic carbocycles. The fourth-order valence-electron chi connectivity index (χ4n) is 2.61. The normalized spacial score (nSPS) is 15.2. The number of hydrogen-bond acceptors (Lipinski definition) is 2. The maximum atomic E-state index is 5.28. The summed E-state index contributed by atoms with van der Waals surface area (Å²) in [5.74, 6) is 0. The van der Waals surface area contributed by atoms with Gasteiger partial charge in [0.2, 0.25) is 0 Å². The molecule has 1 fully saturated rings. The topological polar surface area (TPSA) is 18.5 Å². The summed E-state index contributed by atoms with van der Waals surface area (Å²) < 4.78 is 0. The minimum Gasteiger partial charge on any atom is -0.371 e. The summed E-state index contributed by atoms with van der Waals surface area (Å²) in [5, 5.41) is 3.81. The van der Waals surface area contributed by atoms with E-state index in [0.29, 0.717) is 0 Å². The number of thiocarbonyl (C=S) groups is 1. The highest BCUT2D eigenvalue weighted by atomic mass is 32.1. The Hall–Kier alpha value is -1.29. The van der Waals surface area contributed by atoms with Gasteiger partial charge in [-0.15, -0.1) is 0 Å². The van der Waals surface area contributed by atoms with E-state index in [2.05, 4.69) is 39.4 Å². The van der Waals surface area contributed by atoms with Crippen LogP contribution in [0.5, 0.6) is 0 Å². The summed E-state index contributed by atoms with van der Waals surface area (Å²) in [6.07, 6.45) is 3.97. The molecule has 1 aromatic rings. The van der Waals surface area contributed by atoms with Crippen LogP contribution in [0.4, 0.5) is 5.69 Å². The van der Waals surface area contributed by atoms with Gasteiger partial charge >= 0.3 is 0 Å². The third-order valence-corrected chi connectivity index (χ3v) is 4.17. The molecule has 0 amide bonds. The molecule has 0 aliphatic carbocycles. The third-order valence-electron chi connectivity index (χ3n) is 3.66. The van der Waals surface area contributed by atoms with Crippen LogP contribution in [-0.4, -0.2) is 37.2 Å². The van der Waals surface area contributed by atoms with Crippen molar-refractivity contribution < 1.29 is 0 Å². The Kier molecular flexibility index (Phi) is 5.02. The van der Waals surface area contributed by atoms with Crippen molar-refractivity contribution in [2.75, 3.05) is 32.1 Å². The lowest BCUT2D eigenvalue weighted by Crippen LogP contribution is -2.35. The van der Waals surface area contributed by atoms with Crippen molar-refractivity contribution in [1.82, 2.24) is 10.2 Å². The molecule has 104 valence electrons. The van der Waals surface area contributed by atoms with Gasteiger partial charge in [0.1, 0.15) is 0 Å². The predicted octanol–water partition coefficient (Wildman–Crippen LogP) is 2.61. The molecule has 19 heavy (non-hydrogen) atoms. The molecule has 0 saturated carbocycles. The lowest BCUT2D eigenvalue weighted by molar-refractivity contribution is 0.492. The summed E-state index contributed by atoms with van der Waals surface area (Å²) in [6, 6.07) is 8.68. The van der Waals surface area contributed by atoms with Crippen molar-refractivity contribution in [1.29, 1.82) is 0 Å². The molecule has 3 nitrogen and oxygen atoms in total. The van der Waals surface area contributed by atoms with Crippen molar-refractivity contribution in [3.8, 4) is 0 Å². The maximum Gasteiger partial charge on any atom is 0.168 e. The maximum absolute atomic E-state index is 5.28. The van der Waals surface area contributed by atoms with E-state index in [1.165, 1.54) is 43.6 Å². The van der Waals surface area contributed by atoms with Crippen LogP contribution in [0.3, 0.4) is 0 Å². The van der Waals surface area contributed by atoms with Gasteiger partial charge in [-0.05, 0) is 43.1 Å². The first-order chi connectivity index (χ1) is 9.22. The minimum absolute atomic E-state index is 0.786. The van der Waals surface area contributed by atoms with E-state index in [-0.39, 0.29) is 0 Å². The molecular formula is C15H23N3S. The summed E-state index contributed by atoms with van der Waals surface area (Å²) in [4.78, 5) is 4.59. The Bertz CT molecular complexity index is 427. The number of para-hydroxylation sites is 1. The van der Waals surface area contributed by atoms with Gasteiger partial charge in [0.05, 0.1) is 0 Å². The van der Waals surface area contributed by atoms with E-state index in [1.54, 1.807) is 0 Å². The van der Waals surface area contributed by atoms with Crippen LogP contribution in [0, 0.1) is 0 Å². The predicted molar refractivity (Wildman–Crippen MR) is 85.6 cm³/mol. The second-order valence-corrected chi connectivity index (χ2v) is 5.47. The highest BCUT2D eigenvalue weighted by Crippen LogP contribution is 2.24. The van der Waals surface area contributed by atoms with Crippen LogP contribution >= 0.6 is 12.2 Å². The average Bonchev–Trinajstić information content (AvgIpc) is 2.47. The summed E-state index contributed by atoms with van der Waals surface area (Å²) in [6.45, 7) is 3.21. The SMILES string of the molecule is CNC(=S)N(C)Cc1ccccc1N1CCCCC1. The van der Waals surface area contributed by atoms with Crippen LogP contribution in [-0.2, 0) is 6.54 Å². The largest absolute Gasteiger partial charge is 0.371 e. The number of anilines is 1. The Morgan fingerprint density at radius 3 is 2.63 bits per heavy atom. The van der Waals surface area contributed by atoms with Gasteiger partial charge in [-0.25, -0.2) is 0 Å². The number of benzene rings is 1. The lowest BCUT2D eigenvalue weighted by Gasteiger charge is -2.31. The monoisotopic (exact) mass is 277 g/mol. The van der Waals surface area contributed by atoms with Crippen LogP contribution in [0.1, 0.15) is 24.8 Å². The van der Waals surface area contributed by atoms with Gasteiger partial charge in [0.15, 0.2) is 5.11 Å². The average molecular weight is 277 g/mol. The molecule has 1 N–H and O–H groups in total. The lowest BCUT2D eigenvalue weighted by atomic mass is 10.1. The Morgan fingerprint density at radius 2 is 1.95 bits per heavy atom. The Balaban J connectivity index is 2.13. The number of rotatable bonds is 3. The van der Waals surface area contributed by atoms with Crippen molar-refractivity contribution >= 4 is 23.0 Å². The smallest absolute Gasteiger partial charge is 0.168 e. The molecule has 0 bridgehead atoms. The van der Waals surface area contributed by atoms with Gasteiger partial charge in [0, 0.05) is 39.4 Å². The number of hydrogen-bond donors (Lipinski definition) is 1. The second kappa shape index (κ2) is 6.75. The number of nitrogens with one attached hydrogen (secondary N) is 1. The molecule has 0 radical (unpaired) electrons. The fraction of sp³-hybridized carbons (Fsp3) is 0.533. The molecule has 0 atom stereocenters. The highest BCUT2D eigenvalue weighted by molar-refractivity contribution is 7.80. The quantitative estimate of drug-likeness (QED) is 0.856. The summed E-state index contributed by atoms with van der Waals surface area (Å²) in [7, 11) is 3.90. The number of nitrogens with zero attached hydrogens (tertiary/aromatic N) is 2. The van der Waals surface area contributed by atoms with Gasteiger partial charge in [0.25, 0.3) is 0 Å². The van der Waals surface area contributed by atoms with Gasteiger partial charge in [-0.3, -0.25) is 0 Å². The standard InChI is InChI=1S/C15H23N3S/c1-16-15(19)17(2)12-13-8-4-5-9-14(13)18-10-6-3-7-11-18/h4-5,8-9H,3,6-7,10-12H2,1-2H3,(H,16,19). The molecule has 1 heterocycles. The zero-order valence-corrected chi connectivity index (χ0v) is 12.7. The molecular weight excluding hydrogens is 254 g/mol. The van der Waals surface area contributed by atoms with Crippen LogP contribution in [0.2, 0.25) is 0 Å². The highest BCUT2D eigenvalue weighted by Gasteiger charge is 2.15. The van der Waals surface area contributed by atoms with Crippen LogP contribution in [0.15, 0.2) is 24.3 Å². The second-order valence-electron chi connectivity index (χ2n) is 5.09. The first kappa shape index (κ1) is 14.1. The molecule has 1 aliphatic heterocycles. The molecule has 0 aromatic heterocycles. The Morgan fingerprint density at radius 1 is 1.26 bits per heavy atom. The van der Waals surface area contributed by atoms with E-state index in [1.807, 2.05) is 14.1 Å². The van der Waals surface area contributed by atoms with Crippen LogP contribution in [0.25, 0.3) is 0 Å². The molecule has 2 rings (SSSR count). The van der Waals surface area contributed by atoms with Crippen molar-refractivity contribution in [2.45, 2.75) is 25.8 Å². The summed E-state index contributed by atoms with van der Waals surface area (Å²) in [5.41, 5.74) is 2.72. The minimum atomic E-state index is 0.786. The molecule has 1 saturated heterocycles. The molecule has 4 heteroatoms. The molecule has 0 spiro atoms. The van der Waals surface area contributed by atoms with Crippen molar-refractivity contribution in [3.63, 3.8) is 0 Å². The molecule has 1 aliphatic rings. The summed E-state index contributed by atoms with van der Waals surface area (Å²) >= 11 is 5.28. The van der Waals surface area contributed by atoms with Gasteiger partial charge in [-0.2, -0.15) is 0 Å². The number of piperidine rings is 1. The third kappa shape index (κ3) is 3.60. The van der Waals surface area contributed by atoms with E-state index in [4.69, 9.17) is 12.2 Å². The van der Waals surface area contributed by atoms with E-state index in [0.717, 1.165) is 11.7 Å². The molecule has 0 unspecified atom stereocenters. The zero-order valence-electron chi connectivity index (χ0n) is 11.9. The fourth-order valence-corrected chi connectivity index (χ4v) is 2.67.